The molecule has 0 aromatic heterocycles. The summed E-state index contributed by atoms with van der Waals surface area (Å²) in [5.41, 5.74) is 5.14. The zero-order chi connectivity index (χ0) is 18.6. The van der Waals surface area contributed by atoms with E-state index in [-0.39, 0.29) is 0 Å². The Morgan fingerprint density at radius 1 is 1.04 bits per heavy atom. The Kier molecular flexibility index (Phi) is 5.80. The molecule has 1 aliphatic heterocycles. The number of hydrogen-bond acceptors (Lipinski definition) is 3. The van der Waals surface area contributed by atoms with Crippen LogP contribution < -0.4 is 5.32 Å². The lowest BCUT2D eigenvalue weighted by Gasteiger charge is -2.32. The van der Waals surface area contributed by atoms with Crippen LogP contribution in [0.1, 0.15) is 47.4 Å². The monoisotopic (exact) mass is 364 g/mol. The summed E-state index contributed by atoms with van der Waals surface area (Å²) in [5, 5.41) is 14.1. The average Bonchev–Trinajstić information content (AvgIpc) is 2.74. The largest absolute Gasteiger partial charge is 0.507 e. The molecule has 4 rings (SSSR count). The van der Waals surface area contributed by atoms with Crippen LogP contribution in [-0.4, -0.2) is 42.7 Å². The fraction of sp³-hybridized carbons (Fsp3) is 0.500. The molecule has 3 nitrogen and oxygen atoms in total. The lowest BCUT2D eigenvalue weighted by molar-refractivity contribution is 0.214. The number of phenols is 1. The van der Waals surface area contributed by atoms with E-state index < -0.39 is 0 Å². The maximum absolute atomic E-state index is 10.8. The van der Waals surface area contributed by atoms with Crippen LogP contribution in [-0.2, 0) is 19.3 Å². The second-order valence-corrected chi connectivity index (χ2v) is 8.22. The number of hydrogen-bond donors (Lipinski definition) is 2. The van der Waals surface area contributed by atoms with Crippen LogP contribution in [0.4, 0.5) is 0 Å². The Labute approximate surface area is 163 Å². The highest BCUT2D eigenvalue weighted by atomic mass is 16.3. The van der Waals surface area contributed by atoms with Crippen LogP contribution in [0.25, 0.3) is 0 Å². The molecule has 2 aliphatic rings. The summed E-state index contributed by atoms with van der Waals surface area (Å²) in [5.74, 6) is 1.28. The van der Waals surface area contributed by atoms with Crippen molar-refractivity contribution in [1.29, 1.82) is 0 Å². The van der Waals surface area contributed by atoms with Crippen molar-refractivity contribution in [3.8, 4) is 5.75 Å². The number of nitrogens with zero attached hydrogens (tertiary/aromatic N) is 1. The lowest BCUT2D eigenvalue weighted by Crippen LogP contribution is -2.34. The summed E-state index contributed by atoms with van der Waals surface area (Å²) >= 11 is 0. The number of likely N-dealkylation sites (tertiary alicyclic amines) is 1. The number of fused-ring (bicyclic) bond motifs is 1. The molecule has 3 heteroatoms. The van der Waals surface area contributed by atoms with Gasteiger partial charge in [0.1, 0.15) is 5.75 Å². The Hall–Kier alpha value is -1.84. The van der Waals surface area contributed by atoms with Gasteiger partial charge in [0.25, 0.3) is 0 Å². The molecule has 1 atom stereocenters. The minimum absolute atomic E-state index is 0.550. The molecule has 1 unspecified atom stereocenters. The molecular formula is C24H32N2O. The van der Waals surface area contributed by atoms with Gasteiger partial charge in [-0.1, -0.05) is 42.5 Å². The van der Waals surface area contributed by atoms with E-state index in [9.17, 15) is 5.11 Å². The second kappa shape index (κ2) is 8.45. The van der Waals surface area contributed by atoms with Gasteiger partial charge in [-0.3, -0.25) is 0 Å². The first kappa shape index (κ1) is 18.5. The zero-order valence-corrected chi connectivity index (χ0v) is 16.5. The molecule has 1 fully saturated rings. The molecule has 0 amide bonds. The number of piperidine rings is 1. The third kappa shape index (κ3) is 4.20. The van der Waals surface area contributed by atoms with Crippen molar-refractivity contribution in [2.45, 2.75) is 50.5 Å². The molecule has 2 aromatic carbocycles. The van der Waals surface area contributed by atoms with Gasteiger partial charge in [0.15, 0.2) is 0 Å². The van der Waals surface area contributed by atoms with Gasteiger partial charge in [0, 0.05) is 12.6 Å². The first-order valence-corrected chi connectivity index (χ1v) is 10.5. The van der Waals surface area contributed by atoms with E-state index in [0.29, 0.717) is 17.7 Å². The van der Waals surface area contributed by atoms with Gasteiger partial charge >= 0.3 is 0 Å². The topological polar surface area (TPSA) is 35.5 Å². The second-order valence-electron chi connectivity index (χ2n) is 8.22. The lowest BCUT2D eigenvalue weighted by atomic mass is 9.86. The van der Waals surface area contributed by atoms with Gasteiger partial charge in [-0.2, -0.15) is 0 Å². The van der Waals surface area contributed by atoms with E-state index in [1.807, 2.05) is 7.05 Å². The third-order valence-electron chi connectivity index (χ3n) is 6.64. The number of likely N-dealkylation sites (N-methyl/N-ethyl adjacent to an activating group) is 1. The van der Waals surface area contributed by atoms with Crippen LogP contribution in [0.3, 0.4) is 0 Å². The Morgan fingerprint density at radius 3 is 2.56 bits per heavy atom. The predicted molar refractivity (Wildman–Crippen MR) is 112 cm³/mol. The highest BCUT2D eigenvalue weighted by Gasteiger charge is 2.23. The molecule has 2 N–H and O–H groups in total. The minimum atomic E-state index is 0.550. The molecule has 144 valence electrons. The van der Waals surface area contributed by atoms with Crippen molar-refractivity contribution in [3.05, 3.63) is 64.7 Å². The van der Waals surface area contributed by atoms with Crippen molar-refractivity contribution in [3.63, 3.8) is 0 Å². The highest BCUT2D eigenvalue weighted by molar-refractivity contribution is 5.47. The fourth-order valence-corrected chi connectivity index (χ4v) is 4.82. The standard InChI is InChI=1S/C24H32N2O/c1-25-22-9-10-23-21(17-22)8-7-20(24(23)27)13-16-26-14-11-19(12-15-26)18-5-3-2-4-6-18/h2-8,19,22,25,27H,9-17H2,1H3. The van der Waals surface area contributed by atoms with Crippen molar-refractivity contribution in [2.24, 2.45) is 0 Å². The number of phenolic OH excluding ortho intramolecular Hbond substituents is 1. The Balaban J connectivity index is 1.32. The van der Waals surface area contributed by atoms with Gasteiger partial charge in [-0.15, -0.1) is 0 Å². The van der Waals surface area contributed by atoms with Gasteiger partial charge in [-0.25, -0.2) is 0 Å². The van der Waals surface area contributed by atoms with Crippen LogP contribution in [0.15, 0.2) is 42.5 Å². The average molecular weight is 365 g/mol. The maximum Gasteiger partial charge on any atom is 0.122 e. The van der Waals surface area contributed by atoms with E-state index in [4.69, 9.17) is 0 Å². The molecule has 2 aromatic rings. The van der Waals surface area contributed by atoms with Gasteiger partial charge in [0.2, 0.25) is 0 Å². The van der Waals surface area contributed by atoms with Crippen LogP contribution >= 0.6 is 0 Å². The first-order valence-electron chi connectivity index (χ1n) is 10.5. The third-order valence-corrected chi connectivity index (χ3v) is 6.64. The van der Waals surface area contributed by atoms with E-state index in [1.54, 1.807) is 0 Å². The fourth-order valence-electron chi connectivity index (χ4n) is 4.82. The van der Waals surface area contributed by atoms with E-state index >= 15 is 0 Å². The summed E-state index contributed by atoms with van der Waals surface area (Å²) in [6.07, 6.45) is 6.57. The first-order chi connectivity index (χ1) is 13.2. The van der Waals surface area contributed by atoms with Crippen LogP contribution in [0.5, 0.6) is 5.75 Å². The van der Waals surface area contributed by atoms with Gasteiger partial charge < -0.3 is 15.3 Å². The summed E-state index contributed by atoms with van der Waals surface area (Å²) in [7, 11) is 2.03. The quantitative estimate of drug-likeness (QED) is 0.845. The molecule has 1 saturated heterocycles. The van der Waals surface area contributed by atoms with Crippen LogP contribution in [0.2, 0.25) is 0 Å². The smallest absolute Gasteiger partial charge is 0.122 e. The zero-order valence-electron chi connectivity index (χ0n) is 16.5. The Bertz CT molecular complexity index is 750. The molecule has 0 spiro atoms. The SMILES string of the molecule is CNC1CCc2c(ccc(CCN3CCC(c4ccccc4)CC3)c2O)C1. The molecule has 1 aliphatic carbocycles. The van der Waals surface area contributed by atoms with E-state index in [0.717, 1.165) is 50.9 Å². The highest BCUT2D eigenvalue weighted by Crippen LogP contribution is 2.33. The van der Waals surface area contributed by atoms with Gasteiger partial charge in [-0.05, 0) is 86.8 Å². The molecule has 1 heterocycles. The molecule has 0 bridgehead atoms. The molecule has 27 heavy (non-hydrogen) atoms. The molecule has 0 radical (unpaired) electrons. The minimum Gasteiger partial charge on any atom is -0.507 e. The summed E-state index contributed by atoms with van der Waals surface area (Å²) < 4.78 is 0. The maximum atomic E-state index is 10.8. The van der Waals surface area contributed by atoms with Gasteiger partial charge in [0.05, 0.1) is 0 Å². The summed E-state index contributed by atoms with van der Waals surface area (Å²) in [6, 6.07) is 15.9. The number of aromatic hydroxyl groups is 1. The van der Waals surface area contributed by atoms with Crippen molar-refractivity contribution < 1.29 is 5.11 Å². The molecular weight excluding hydrogens is 332 g/mol. The van der Waals surface area contributed by atoms with Crippen LogP contribution in [0, 0.1) is 0 Å². The number of nitrogens with one attached hydrogen (secondary N) is 1. The number of rotatable bonds is 5. The number of benzene rings is 2. The van der Waals surface area contributed by atoms with Crippen molar-refractivity contribution in [1.82, 2.24) is 10.2 Å². The summed E-state index contributed by atoms with van der Waals surface area (Å²) in [6.45, 7) is 3.37. The van der Waals surface area contributed by atoms with E-state index in [2.05, 4.69) is 52.7 Å². The summed E-state index contributed by atoms with van der Waals surface area (Å²) in [4.78, 5) is 2.56. The molecule has 0 saturated carbocycles. The van der Waals surface area contributed by atoms with E-state index in [1.165, 1.54) is 29.5 Å². The predicted octanol–water partition coefficient (Wildman–Crippen LogP) is 3.89. The normalized spacial score (nSPS) is 21.1. The van der Waals surface area contributed by atoms with Crippen molar-refractivity contribution in [2.75, 3.05) is 26.7 Å². The Morgan fingerprint density at radius 2 is 1.81 bits per heavy atom. The van der Waals surface area contributed by atoms with Crippen molar-refractivity contribution >= 4 is 0 Å².